The first-order valence-electron chi connectivity index (χ1n) is 9.83. The van der Waals surface area contributed by atoms with Crippen molar-refractivity contribution in [1.82, 2.24) is 10.3 Å². The summed E-state index contributed by atoms with van der Waals surface area (Å²) in [6.07, 6.45) is 0. The van der Waals surface area contributed by atoms with Gasteiger partial charge in [-0.3, -0.25) is 4.79 Å². The van der Waals surface area contributed by atoms with E-state index in [4.69, 9.17) is 16.3 Å². The Morgan fingerprint density at radius 1 is 0.969 bits per heavy atom. The molecular formula is C25H18BrClN2O3. The zero-order valence-corrected chi connectivity index (χ0v) is 19.2. The third-order valence-corrected chi connectivity index (χ3v) is 5.54. The number of amides is 1. The molecule has 0 radical (unpaired) electrons. The van der Waals surface area contributed by atoms with E-state index in [-0.39, 0.29) is 12.5 Å². The van der Waals surface area contributed by atoms with E-state index in [9.17, 15) is 9.59 Å². The first kappa shape index (κ1) is 22.0. The third kappa shape index (κ3) is 5.33. The van der Waals surface area contributed by atoms with E-state index >= 15 is 0 Å². The molecule has 0 saturated carbocycles. The lowest BCUT2D eigenvalue weighted by molar-refractivity contribution is -0.124. The minimum Gasteiger partial charge on any atom is -0.452 e. The summed E-state index contributed by atoms with van der Waals surface area (Å²) in [5.41, 5.74) is 3.43. The van der Waals surface area contributed by atoms with Crippen LogP contribution in [-0.4, -0.2) is 23.5 Å². The van der Waals surface area contributed by atoms with Gasteiger partial charge < -0.3 is 10.1 Å². The van der Waals surface area contributed by atoms with E-state index in [0.717, 1.165) is 15.6 Å². The van der Waals surface area contributed by atoms with E-state index in [0.29, 0.717) is 33.7 Å². The topological polar surface area (TPSA) is 68.3 Å². The number of hydrogen-bond acceptors (Lipinski definition) is 4. The molecule has 0 aliphatic carbocycles. The zero-order chi connectivity index (χ0) is 22.5. The van der Waals surface area contributed by atoms with Crippen molar-refractivity contribution >= 4 is 50.3 Å². The van der Waals surface area contributed by atoms with Crippen molar-refractivity contribution < 1.29 is 14.3 Å². The molecule has 0 aliphatic rings. The van der Waals surface area contributed by atoms with Crippen LogP contribution in [0.25, 0.3) is 22.2 Å². The minimum atomic E-state index is -0.582. The van der Waals surface area contributed by atoms with Crippen molar-refractivity contribution in [2.75, 3.05) is 6.61 Å². The molecule has 1 heterocycles. The number of pyridine rings is 1. The van der Waals surface area contributed by atoms with Crippen molar-refractivity contribution in [3.05, 3.63) is 99.5 Å². The molecule has 4 rings (SSSR count). The lowest BCUT2D eigenvalue weighted by atomic mass is 10.0. The van der Waals surface area contributed by atoms with Gasteiger partial charge in [0.15, 0.2) is 6.61 Å². The average molecular weight is 510 g/mol. The summed E-state index contributed by atoms with van der Waals surface area (Å²) >= 11 is 9.33. The van der Waals surface area contributed by atoms with Crippen LogP contribution in [0, 0.1) is 0 Å². The van der Waals surface area contributed by atoms with Crippen LogP contribution in [0.4, 0.5) is 0 Å². The van der Waals surface area contributed by atoms with E-state index in [2.05, 4.69) is 26.2 Å². The van der Waals surface area contributed by atoms with Crippen LogP contribution in [0.15, 0.2) is 83.3 Å². The first-order valence-corrected chi connectivity index (χ1v) is 11.0. The molecule has 0 saturated heterocycles. The Hall–Kier alpha value is -3.22. The number of rotatable bonds is 6. The Kier molecular flexibility index (Phi) is 6.83. The van der Waals surface area contributed by atoms with Crippen molar-refractivity contribution in [2.45, 2.75) is 6.54 Å². The minimum absolute atomic E-state index is 0.318. The Morgan fingerprint density at radius 3 is 2.53 bits per heavy atom. The third-order valence-electron chi connectivity index (χ3n) is 4.79. The number of para-hydroxylation sites is 1. The van der Waals surface area contributed by atoms with Crippen molar-refractivity contribution in [3.8, 4) is 11.3 Å². The highest BCUT2D eigenvalue weighted by Crippen LogP contribution is 2.27. The quantitative estimate of drug-likeness (QED) is 0.334. The summed E-state index contributed by atoms with van der Waals surface area (Å²) in [7, 11) is 0. The number of aromatic nitrogens is 1. The number of hydrogen-bond donors (Lipinski definition) is 1. The SMILES string of the molecule is O=C(COC(=O)c1cc(-c2cccc(Br)c2)nc2ccccc12)NCc1ccc(Cl)cc1. The molecule has 32 heavy (non-hydrogen) atoms. The summed E-state index contributed by atoms with van der Waals surface area (Å²) in [5.74, 6) is -0.972. The zero-order valence-electron chi connectivity index (χ0n) is 16.8. The molecule has 0 fully saturated rings. The molecule has 0 unspecified atom stereocenters. The average Bonchev–Trinajstić information content (AvgIpc) is 2.81. The van der Waals surface area contributed by atoms with E-state index in [1.54, 1.807) is 18.2 Å². The van der Waals surface area contributed by atoms with E-state index < -0.39 is 5.97 Å². The highest BCUT2D eigenvalue weighted by molar-refractivity contribution is 9.10. The number of carbonyl (C=O) groups is 2. The molecule has 160 valence electrons. The fraction of sp³-hybridized carbons (Fsp3) is 0.0800. The van der Waals surface area contributed by atoms with Crippen LogP contribution in [0.3, 0.4) is 0 Å². The molecular weight excluding hydrogens is 492 g/mol. The summed E-state index contributed by atoms with van der Waals surface area (Å²) in [5, 5.41) is 4.02. The van der Waals surface area contributed by atoms with Crippen molar-refractivity contribution in [3.63, 3.8) is 0 Å². The maximum Gasteiger partial charge on any atom is 0.339 e. The number of halogens is 2. The number of nitrogens with zero attached hydrogens (tertiary/aromatic N) is 1. The van der Waals surface area contributed by atoms with Crippen molar-refractivity contribution in [1.29, 1.82) is 0 Å². The number of esters is 1. The standard InChI is InChI=1S/C25H18BrClN2O3/c26-18-5-3-4-17(12-18)23-13-21(20-6-1-2-7-22(20)29-23)25(31)32-15-24(30)28-14-16-8-10-19(27)11-9-16/h1-13H,14-15H2,(H,28,30). The second kappa shape index (κ2) is 9.94. The van der Waals surface area contributed by atoms with Gasteiger partial charge >= 0.3 is 5.97 Å². The molecule has 5 nitrogen and oxygen atoms in total. The lowest BCUT2D eigenvalue weighted by Crippen LogP contribution is -2.28. The molecule has 0 aliphatic heterocycles. The highest BCUT2D eigenvalue weighted by atomic mass is 79.9. The Bertz CT molecular complexity index is 1290. The van der Waals surface area contributed by atoms with Crippen LogP contribution in [0.2, 0.25) is 5.02 Å². The molecule has 0 atom stereocenters. The maximum absolute atomic E-state index is 12.9. The number of carbonyl (C=O) groups excluding carboxylic acids is 2. The van der Waals surface area contributed by atoms with Gasteiger partial charge in [0.25, 0.3) is 5.91 Å². The number of ether oxygens (including phenoxy) is 1. The predicted octanol–water partition coefficient (Wildman–Crippen LogP) is 5.79. The molecule has 0 spiro atoms. The van der Waals surface area contributed by atoms with Gasteiger partial charge in [0.1, 0.15) is 0 Å². The van der Waals surface area contributed by atoms with Gasteiger partial charge in [-0.1, -0.05) is 70.0 Å². The largest absolute Gasteiger partial charge is 0.452 e. The van der Waals surface area contributed by atoms with Gasteiger partial charge in [-0.15, -0.1) is 0 Å². The van der Waals surface area contributed by atoms with Crippen LogP contribution in [0.1, 0.15) is 15.9 Å². The van der Waals surface area contributed by atoms with Crippen molar-refractivity contribution in [2.24, 2.45) is 0 Å². The smallest absolute Gasteiger partial charge is 0.339 e. The Morgan fingerprint density at radius 2 is 1.75 bits per heavy atom. The molecule has 0 bridgehead atoms. The molecule has 1 N–H and O–H groups in total. The van der Waals surface area contributed by atoms with Crippen LogP contribution >= 0.6 is 27.5 Å². The summed E-state index contributed by atoms with van der Waals surface area (Å²) in [4.78, 5) is 29.7. The highest BCUT2D eigenvalue weighted by Gasteiger charge is 2.16. The van der Waals surface area contributed by atoms with Gasteiger partial charge in [-0.2, -0.15) is 0 Å². The fourth-order valence-electron chi connectivity index (χ4n) is 3.20. The Balaban J connectivity index is 1.50. The number of benzene rings is 3. The lowest BCUT2D eigenvalue weighted by Gasteiger charge is -2.11. The van der Waals surface area contributed by atoms with Gasteiger partial charge in [0.2, 0.25) is 0 Å². The van der Waals surface area contributed by atoms with Gasteiger partial charge in [0.05, 0.1) is 16.8 Å². The Labute approximate surface area is 198 Å². The van der Waals surface area contributed by atoms with Crippen LogP contribution in [0.5, 0.6) is 0 Å². The van der Waals surface area contributed by atoms with Gasteiger partial charge in [-0.05, 0) is 42.0 Å². The molecule has 7 heteroatoms. The van der Waals surface area contributed by atoms with Crippen LogP contribution in [-0.2, 0) is 16.1 Å². The van der Waals surface area contributed by atoms with Gasteiger partial charge in [-0.25, -0.2) is 9.78 Å². The van der Waals surface area contributed by atoms with E-state index in [1.165, 1.54) is 0 Å². The number of nitrogens with one attached hydrogen (secondary N) is 1. The molecule has 3 aromatic carbocycles. The summed E-state index contributed by atoms with van der Waals surface area (Å²) < 4.78 is 6.22. The second-order valence-corrected chi connectivity index (χ2v) is 8.41. The molecule has 4 aromatic rings. The van der Waals surface area contributed by atoms with Crippen LogP contribution < -0.4 is 5.32 Å². The molecule has 1 amide bonds. The maximum atomic E-state index is 12.9. The first-order chi connectivity index (χ1) is 15.5. The monoisotopic (exact) mass is 508 g/mol. The normalized spacial score (nSPS) is 10.7. The van der Waals surface area contributed by atoms with Gasteiger partial charge in [0, 0.05) is 27.0 Å². The predicted molar refractivity (Wildman–Crippen MR) is 128 cm³/mol. The fourth-order valence-corrected chi connectivity index (χ4v) is 3.73. The summed E-state index contributed by atoms with van der Waals surface area (Å²) in [6, 6.07) is 23.8. The van der Waals surface area contributed by atoms with E-state index in [1.807, 2.05) is 60.7 Å². The summed E-state index contributed by atoms with van der Waals surface area (Å²) in [6.45, 7) is -0.0614. The second-order valence-electron chi connectivity index (χ2n) is 7.06. The number of fused-ring (bicyclic) bond motifs is 1. The molecule has 1 aromatic heterocycles.